The number of amides is 2. The molecular formula is C20H36N4O2. The van der Waals surface area contributed by atoms with E-state index in [0.29, 0.717) is 30.3 Å². The molecule has 3 fully saturated rings. The van der Waals surface area contributed by atoms with Gasteiger partial charge in [0.05, 0.1) is 6.54 Å². The Hall–Kier alpha value is -1.14. The maximum absolute atomic E-state index is 13.0. The number of nitrogens with zero attached hydrogens (tertiary/aromatic N) is 2. The molecule has 0 aromatic rings. The lowest BCUT2D eigenvalue weighted by Crippen LogP contribution is -2.54. The summed E-state index contributed by atoms with van der Waals surface area (Å²) < 4.78 is 0. The maximum atomic E-state index is 13.0. The van der Waals surface area contributed by atoms with E-state index in [2.05, 4.69) is 17.1 Å². The number of nitrogens with two attached hydrogens (primary N) is 1. The third kappa shape index (κ3) is 4.58. The molecule has 3 unspecified atom stereocenters. The van der Waals surface area contributed by atoms with E-state index in [4.69, 9.17) is 5.73 Å². The minimum Gasteiger partial charge on any atom is -0.353 e. The third-order valence-corrected chi connectivity index (χ3v) is 6.83. The lowest BCUT2D eigenvalue weighted by atomic mass is 9.65. The van der Waals surface area contributed by atoms with Crippen molar-refractivity contribution in [2.24, 2.45) is 23.5 Å². The number of hydrogen-bond donors (Lipinski definition) is 2. The molecule has 1 aliphatic heterocycles. The van der Waals surface area contributed by atoms with E-state index in [9.17, 15) is 9.59 Å². The van der Waals surface area contributed by atoms with E-state index in [1.165, 1.54) is 19.3 Å². The zero-order valence-corrected chi connectivity index (χ0v) is 16.5. The van der Waals surface area contributed by atoms with E-state index >= 15 is 0 Å². The molecule has 2 aliphatic carbocycles. The van der Waals surface area contributed by atoms with Crippen LogP contribution in [0.15, 0.2) is 0 Å². The van der Waals surface area contributed by atoms with Crippen LogP contribution in [0.25, 0.3) is 0 Å². The molecule has 148 valence electrons. The Balaban J connectivity index is 1.44. The predicted molar refractivity (Wildman–Crippen MR) is 102 cm³/mol. The van der Waals surface area contributed by atoms with E-state index in [-0.39, 0.29) is 17.9 Å². The number of carbonyl (C=O) groups excluding carboxylic acids is 2. The first-order chi connectivity index (χ1) is 12.5. The number of fused-ring (bicyclic) bond motifs is 2. The van der Waals surface area contributed by atoms with Gasteiger partial charge in [0.1, 0.15) is 0 Å². The smallest absolute Gasteiger partial charge is 0.234 e. The monoisotopic (exact) mass is 364 g/mol. The first-order valence-electron chi connectivity index (χ1n) is 10.5. The van der Waals surface area contributed by atoms with Crippen LogP contribution in [0.4, 0.5) is 0 Å². The highest BCUT2D eigenvalue weighted by Gasteiger charge is 2.41. The summed E-state index contributed by atoms with van der Waals surface area (Å²) >= 11 is 0. The van der Waals surface area contributed by atoms with E-state index in [1.54, 1.807) is 0 Å². The van der Waals surface area contributed by atoms with Crippen LogP contribution < -0.4 is 11.1 Å². The van der Waals surface area contributed by atoms with Gasteiger partial charge in [-0.1, -0.05) is 13.3 Å². The second-order valence-corrected chi connectivity index (χ2v) is 8.67. The highest BCUT2D eigenvalue weighted by molar-refractivity contribution is 5.80. The Morgan fingerprint density at radius 2 is 1.73 bits per heavy atom. The van der Waals surface area contributed by atoms with Gasteiger partial charge in [-0.05, 0) is 50.9 Å². The number of rotatable bonds is 5. The molecule has 0 spiro atoms. The van der Waals surface area contributed by atoms with Gasteiger partial charge in [0.15, 0.2) is 0 Å². The van der Waals surface area contributed by atoms with Crippen molar-refractivity contribution in [1.82, 2.24) is 15.1 Å². The van der Waals surface area contributed by atoms with Crippen molar-refractivity contribution >= 4 is 11.8 Å². The van der Waals surface area contributed by atoms with Gasteiger partial charge >= 0.3 is 0 Å². The molecule has 3 rings (SSSR count). The summed E-state index contributed by atoms with van der Waals surface area (Å²) in [5, 5.41) is 3.02. The average Bonchev–Trinajstić information content (AvgIpc) is 2.61. The second-order valence-electron chi connectivity index (χ2n) is 8.67. The van der Waals surface area contributed by atoms with Crippen LogP contribution in [0.1, 0.15) is 52.4 Å². The summed E-state index contributed by atoms with van der Waals surface area (Å²) in [5.41, 5.74) is 6.36. The molecule has 6 nitrogen and oxygen atoms in total. The summed E-state index contributed by atoms with van der Waals surface area (Å²) in [4.78, 5) is 29.2. The molecule has 0 radical (unpaired) electrons. The molecule has 3 N–H and O–H groups in total. The zero-order valence-electron chi connectivity index (χ0n) is 16.5. The van der Waals surface area contributed by atoms with Crippen molar-refractivity contribution < 1.29 is 9.59 Å². The van der Waals surface area contributed by atoms with Crippen molar-refractivity contribution in [3.8, 4) is 0 Å². The fraction of sp³-hybridized carbons (Fsp3) is 0.900. The van der Waals surface area contributed by atoms with Crippen LogP contribution in [-0.2, 0) is 9.59 Å². The Kier molecular flexibility index (Phi) is 6.56. The Labute approximate surface area is 157 Å². The first kappa shape index (κ1) is 19.6. The molecule has 6 heteroatoms. The Bertz CT molecular complexity index is 490. The normalized spacial score (nSPS) is 33.6. The molecule has 2 amide bonds. The second kappa shape index (κ2) is 8.70. The van der Waals surface area contributed by atoms with Gasteiger partial charge < -0.3 is 16.0 Å². The summed E-state index contributed by atoms with van der Waals surface area (Å²) in [6, 6.07) is 0.538. The Morgan fingerprint density at radius 1 is 1.12 bits per heavy atom. The molecular weight excluding hydrogens is 328 g/mol. The summed E-state index contributed by atoms with van der Waals surface area (Å²) in [5.74, 6) is 1.68. The lowest BCUT2D eigenvalue weighted by Gasteiger charge is -2.45. The zero-order chi connectivity index (χ0) is 18.7. The molecule has 3 atom stereocenters. The predicted octanol–water partition coefficient (Wildman–Crippen LogP) is 1.20. The maximum Gasteiger partial charge on any atom is 0.234 e. The van der Waals surface area contributed by atoms with Crippen LogP contribution in [-0.4, -0.2) is 66.4 Å². The van der Waals surface area contributed by atoms with Gasteiger partial charge in [-0.3, -0.25) is 14.5 Å². The summed E-state index contributed by atoms with van der Waals surface area (Å²) in [6.07, 6.45) is 6.57. The molecule has 0 aromatic carbocycles. The number of nitrogens with one attached hydrogen (secondary N) is 1. The van der Waals surface area contributed by atoms with Crippen molar-refractivity contribution in [3.05, 3.63) is 0 Å². The van der Waals surface area contributed by atoms with Crippen molar-refractivity contribution in [2.75, 3.05) is 32.7 Å². The molecule has 26 heavy (non-hydrogen) atoms. The lowest BCUT2D eigenvalue weighted by molar-refractivity contribution is -0.140. The van der Waals surface area contributed by atoms with Crippen LogP contribution in [0.5, 0.6) is 0 Å². The minimum absolute atomic E-state index is 0.0909. The summed E-state index contributed by atoms with van der Waals surface area (Å²) in [6.45, 7) is 7.61. The molecule has 2 bridgehead atoms. The summed E-state index contributed by atoms with van der Waals surface area (Å²) in [7, 11) is 0. The fourth-order valence-electron chi connectivity index (χ4n) is 5.00. The Morgan fingerprint density at radius 3 is 2.31 bits per heavy atom. The SMILES string of the molecule is CCC(C)NC(=O)CN1CCN(C(=O)C2CC3CCCC(C2)C3N)CC1. The average molecular weight is 365 g/mol. The van der Waals surface area contributed by atoms with Gasteiger partial charge in [0, 0.05) is 44.2 Å². The standard InChI is InChI=1S/C20H36N4O2/c1-3-14(2)22-18(25)13-23-7-9-24(10-8-23)20(26)17-11-15-5-4-6-16(12-17)19(15)21/h14-17,19H,3-13,21H2,1-2H3,(H,22,25). The highest BCUT2D eigenvalue weighted by Crippen LogP contribution is 2.42. The molecule has 3 aliphatic rings. The topological polar surface area (TPSA) is 78.7 Å². The third-order valence-electron chi connectivity index (χ3n) is 6.83. The van der Waals surface area contributed by atoms with E-state index in [1.807, 2.05) is 11.8 Å². The minimum atomic E-state index is 0.0909. The number of piperazine rings is 1. The van der Waals surface area contributed by atoms with Gasteiger partial charge in [0.2, 0.25) is 11.8 Å². The number of carbonyl (C=O) groups is 2. The quantitative estimate of drug-likeness (QED) is 0.768. The molecule has 1 heterocycles. The first-order valence-corrected chi connectivity index (χ1v) is 10.5. The number of hydrogen-bond acceptors (Lipinski definition) is 4. The van der Waals surface area contributed by atoms with Crippen LogP contribution in [0.3, 0.4) is 0 Å². The van der Waals surface area contributed by atoms with E-state index in [0.717, 1.165) is 45.4 Å². The van der Waals surface area contributed by atoms with Crippen LogP contribution in [0.2, 0.25) is 0 Å². The van der Waals surface area contributed by atoms with Gasteiger partial charge in [-0.25, -0.2) is 0 Å². The van der Waals surface area contributed by atoms with Gasteiger partial charge in [0.25, 0.3) is 0 Å². The van der Waals surface area contributed by atoms with Crippen LogP contribution in [0, 0.1) is 17.8 Å². The van der Waals surface area contributed by atoms with Crippen molar-refractivity contribution in [3.63, 3.8) is 0 Å². The van der Waals surface area contributed by atoms with Crippen LogP contribution >= 0.6 is 0 Å². The highest BCUT2D eigenvalue weighted by atomic mass is 16.2. The van der Waals surface area contributed by atoms with Crippen molar-refractivity contribution in [2.45, 2.75) is 64.5 Å². The van der Waals surface area contributed by atoms with E-state index < -0.39 is 0 Å². The van der Waals surface area contributed by atoms with Gasteiger partial charge in [-0.2, -0.15) is 0 Å². The fourth-order valence-corrected chi connectivity index (χ4v) is 5.00. The molecule has 2 saturated carbocycles. The molecule has 0 aromatic heterocycles. The largest absolute Gasteiger partial charge is 0.353 e. The van der Waals surface area contributed by atoms with Gasteiger partial charge in [-0.15, -0.1) is 0 Å². The van der Waals surface area contributed by atoms with Crippen molar-refractivity contribution in [1.29, 1.82) is 0 Å². The molecule has 1 saturated heterocycles.